The summed E-state index contributed by atoms with van der Waals surface area (Å²) in [6, 6.07) is 0. The lowest BCUT2D eigenvalue weighted by Crippen LogP contribution is -2.63. The average molecular weight is 323 g/mol. The molecule has 0 amide bonds. The Bertz CT molecular complexity index is 268. The third-order valence-electron chi connectivity index (χ3n) is 1.80. The SMILES string of the molecule is CCCOC(F)(F)C(F)(F)C(F)(F)[Si](C)(Cl)Cl. The summed E-state index contributed by atoms with van der Waals surface area (Å²) in [6.07, 6.45) is -5.36. The van der Waals surface area contributed by atoms with Crippen LogP contribution in [0.1, 0.15) is 13.3 Å². The molecule has 0 aliphatic heterocycles. The van der Waals surface area contributed by atoms with E-state index in [1.807, 2.05) is 0 Å². The first-order valence-corrected chi connectivity index (χ1v) is 8.99. The molecule has 0 radical (unpaired) electrons. The normalized spacial score (nSPS) is 15.2. The first kappa shape index (κ1) is 17.3. The summed E-state index contributed by atoms with van der Waals surface area (Å²) in [4.78, 5) is 0. The van der Waals surface area contributed by atoms with Crippen molar-refractivity contribution in [3.8, 4) is 0 Å². The van der Waals surface area contributed by atoms with E-state index in [2.05, 4.69) is 4.74 Å². The molecule has 0 bridgehead atoms. The van der Waals surface area contributed by atoms with Crippen LogP contribution in [-0.4, -0.2) is 30.9 Å². The molecule has 0 aliphatic rings. The zero-order valence-electron chi connectivity index (χ0n) is 8.85. The van der Waals surface area contributed by atoms with Crippen LogP contribution in [0.5, 0.6) is 0 Å². The van der Waals surface area contributed by atoms with Crippen molar-refractivity contribution < 1.29 is 31.1 Å². The highest BCUT2D eigenvalue weighted by Gasteiger charge is 2.79. The van der Waals surface area contributed by atoms with Crippen molar-refractivity contribution in [2.45, 2.75) is 37.5 Å². The van der Waals surface area contributed by atoms with Crippen LogP contribution in [0, 0.1) is 0 Å². The number of rotatable bonds is 6. The molecule has 0 unspecified atom stereocenters. The van der Waals surface area contributed by atoms with Gasteiger partial charge in [0.05, 0.1) is 6.61 Å². The van der Waals surface area contributed by atoms with Crippen molar-refractivity contribution in [2.24, 2.45) is 0 Å². The summed E-state index contributed by atoms with van der Waals surface area (Å²) >= 11 is 9.87. The Kier molecular flexibility index (Phi) is 5.24. The number of halogens is 8. The lowest BCUT2D eigenvalue weighted by Gasteiger charge is -2.35. The second-order valence-corrected chi connectivity index (χ2v) is 10.9. The van der Waals surface area contributed by atoms with Crippen LogP contribution < -0.4 is 0 Å². The molecule has 1 nitrogen and oxygen atoms in total. The molecule has 104 valence electrons. The zero-order chi connectivity index (χ0) is 14.1. The summed E-state index contributed by atoms with van der Waals surface area (Å²) in [5, 5.41) is 0. The minimum absolute atomic E-state index is 0.0340. The second kappa shape index (κ2) is 5.14. The highest BCUT2D eigenvalue weighted by Crippen LogP contribution is 2.52. The minimum Gasteiger partial charge on any atom is -0.316 e. The van der Waals surface area contributed by atoms with Crippen molar-refractivity contribution in [1.29, 1.82) is 0 Å². The molecular formula is C7H10Cl2F6OSi. The van der Waals surface area contributed by atoms with Crippen molar-refractivity contribution >= 4 is 28.9 Å². The van der Waals surface area contributed by atoms with Gasteiger partial charge in [-0.1, -0.05) is 6.92 Å². The van der Waals surface area contributed by atoms with Gasteiger partial charge in [-0.15, -0.1) is 22.2 Å². The molecule has 0 aromatic carbocycles. The third-order valence-corrected chi connectivity index (χ3v) is 4.64. The molecule has 0 saturated heterocycles. The van der Waals surface area contributed by atoms with Gasteiger partial charge in [0.2, 0.25) is 0 Å². The number of hydrogen-bond donors (Lipinski definition) is 0. The van der Waals surface area contributed by atoms with Gasteiger partial charge in [-0.25, -0.2) is 8.78 Å². The summed E-state index contributed by atoms with van der Waals surface area (Å²) < 4.78 is 81.5. The van der Waals surface area contributed by atoms with Gasteiger partial charge in [0.15, 0.2) is 0 Å². The van der Waals surface area contributed by atoms with E-state index in [0.29, 0.717) is 6.55 Å². The Hall–Kier alpha value is 0.337. The van der Waals surface area contributed by atoms with Gasteiger partial charge in [0.1, 0.15) is 0 Å². The summed E-state index contributed by atoms with van der Waals surface area (Å²) in [6.45, 7) is -3.87. The fourth-order valence-electron chi connectivity index (χ4n) is 0.779. The van der Waals surface area contributed by atoms with Gasteiger partial charge in [0, 0.05) is 0 Å². The van der Waals surface area contributed by atoms with Crippen molar-refractivity contribution in [3.05, 3.63) is 0 Å². The van der Waals surface area contributed by atoms with Crippen LogP contribution in [0.4, 0.5) is 26.3 Å². The lowest BCUT2D eigenvalue weighted by molar-refractivity contribution is -0.383. The van der Waals surface area contributed by atoms with Gasteiger partial charge in [-0.05, 0) is 13.0 Å². The molecule has 0 N–H and O–H groups in total. The van der Waals surface area contributed by atoms with Crippen LogP contribution in [0.2, 0.25) is 6.55 Å². The molecule has 0 aromatic heterocycles. The lowest BCUT2D eigenvalue weighted by atomic mass is 10.3. The Balaban J connectivity index is 5.24. The predicted octanol–water partition coefficient (Wildman–Crippen LogP) is 4.37. The third kappa shape index (κ3) is 3.21. The van der Waals surface area contributed by atoms with E-state index in [1.54, 1.807) is 0 Å². The smallest absolute Gasteiger partial charge is 0.316 e. The Morgan fingerprint density at radius 2 is 1.47 bits per heavy atom. The van der Waals surface area contributed by atoms with Crippen molar-refractivity contribution in [1.82, 2.24) is 0 Å². The van der Waals surface area contributed by atoms with E-state index < -0.39 is 30.9 Å². The molecule has 0 aromatic rings. The monoisotopic (exact) mass is 322 g/mol. The highest BCUT2D eigenvalue weighted by atomic mass is 35.7. The van der Waals surface area contributed by atoms with Crippen molar-refractivity contribution in [3.63, 3.8) is 0 Å². The van der Waals surface area contributed by atoms with Gasteiger partial charge in [0.25, 0.3) is 0 Å². The van der Waals surface area contributed by atoms with Crippen LogP contribution in [-0.2, 0) is 4.74 Å². The molecule has 0 saturated carbocycles. The standard InChI is InChI=1S/C7H10Cl2F6OSi/c1-3-4-16-6(12,13)5(10,11)7(14,15)17(2,8)9/h3-4H2,1-2H3. The molecule has 0 rings (SSSR count). The van der Waals surface area contributed by atoms with Gasteiger partial charge in [-0.3, -0.25) is 0 Å². The Morgan fingerprint density at radius 3 is 1.76 bits per heavy atom. The number of alkyl halides is 6. The zero-order valence-corrected chi connectivity index (χ0v) is 11.4. The second-order valence-electron chi connectivity index (χ2n) is 3.40. The fourth-order valence-corrected chi connectivity index (χ4v) is 2.19. The van der Waals surface area contributed by atoms with Crippen LogP contribution in [0.15, 0.2) is 0 Å². The largest absolute Gasteiger partial charge is 0.425 e. The quantitative estimate of drug-likeness (QED) is 0.401. The fraction of sp³-hybridized carbons (Fsp3) is 1.00. The first-order valence-electron chi connectivity index (χ1n) is 4.46. The summed E-state index contributed by atoms with van der Waals surface area (Å²) in [5.74, 6) is -5.76. The highest BCUT2D eigenvalue weighted by molar-refractivity contribution is 7.46. The Morgan fingerprint density at radius 1 is 1.06 bits per heavy atom. The average Bonchev–Trinajstić information content (AvgIpc) is 2.12. The number of hydrogen-bond acceptors (Lipinski definition) is 1. The molecule has 10 heteroatoms. The maximum Gasteiger partial charge on any atom is 0.425 e. The molecule has 0 atom stereocenters. The summed E-state index contributed by atoms with van der Waals surface area (Å²) in [7, 11) is 0. The van der Waals surface area contributed by atoms with E-state index >= 15 is 0 Å². The van der Waals surface area contributed by atoms with E-state index in [0.717, 1.165) is 0 Å². The van der Waals surface area contributed by atoms with Gasteiger partial charge < -0.3 is 4.74 Å². The van der Waals surface area contributed by atoms with Gasteiger partial charge in [-0.2, -0.15) is 17.6 Å². The van der Waals surface area contributed by atoms with E-state index in [1.165, 1.54) is 6.92 Å². The van der Waals surface area contributed by atoms with Crippen molar-refractivity contribution in [2.75, 3.05) is 6.61 Å². The molecule has 17 heavy (non-hydrogen) atoms. The van der Waals surface area contributed by atoms with E-state index in [4.69, 9.17) is 22.2 Å². The van der Waals surface area contributed by atoms with E-state index in [9.17, 15) is 26.3 Å². The first-order chi connectivity index (χ1) is 7.31. The number of ether oxygens (including phenoxy) is 1. The summed E-state index contributed by atoms with van der Waals surface area (Å²) in [5.41, 5.74) is -5.22. The van der Waals surface area contributed by atoms with Crippen LogP contribution in [0.3, 0.4) is 0 Å². The molecule has 0 fully saturated rings. The van der Waals surface area contributed by atoms with E-state index in [-0.39, 0.29) is 6.42 Å². The molecular weight excluding hydrogens is 313 g/mol. The topological polar surface area (TPSA) is 9.23 Å². The minimum atomic E-state index is -5.76. The van der Waals surface area contributed by atoms with Crippen LogP contribution >= 0.6 is 22.2 Å². The Labute approximate surface area is 104 Å². The maximum atomic E-state index is 13.1. The van der Waals surface area contributed by atoms with Gasteiger partial charge >= 0.3 is 24.3 Å². The van der Waals surface area contributed by atoms with Crippen LogP contribution in [0.25, 0.3) is 0 Å². The molecule has 0 heterocycles. The molecule has 0 spiro atoms. The maximum absolute atomic E-state index is 13.1. The predicted molar refractivity (Wildman–Crippen MR) is 54.4 cm³/mol. The molecule has 0 aliphatic carbocycles.